The predicted molar refractivity (Wildman–Crippen MR) is 76.0 cm³/mol. The van der Waals surface area contributed by atoms with Crippen molar-refractivity contribution in [2.75, 3.05) is 20.3 Å². The Morgan fingerprint density at radius 3 is 2.89 bits per heavy atom. The monoisotopic (exact) mass is 269 g/mol. The van der Waals surface area contributed by atoms with Crippen LogP contribution in [0.5, 0.6) is 0 Å². The molecule has 2 atom stereocenters. The second-order valence-corrected chi connectivity index (χ2v) is 5.27. The molecule has 0 aliphatic rings. The Hall–Kier alpha value is -0.910. The minimum absolute atomic E-state index is 0.309. The van der Waals surface area contributed by atoms with E-state index in [9.17, 15) is 5.11 Å². The SMILES string of the molecule is CCC(C)n1ccc(CC(O)(CCCN)COC)n1. The van der Waals surface area contributed by atoms with Crippen molar-refractivity contribution in [2.24, 2.45) is 5.73 Å². The zero-order valence-electron chi connectivity index (χ0n) is 12.3. The largest absolute Gasteiger partial charge is 0.387 e. The molecular weight excluding hydrogens is 242 g/mol. The Bertz CT molecular complexity index is 367. The number of nitrogens with two attached hydrogens (primary N) is 1. The van der Waals surface area contributed by atoms with Gasteiger partial charge in [-0.25, -0.2) is 0 Å². The van der Waals surface area contributed by atoms with Crippen LogP contribution < -0.4 is 5.73 Å². The average molecular weight is 269 g/mol. The van der Waals surface area contributed by atoms with Gasteiger partial charge in [0.15, 0.2) is 0 Å². The zero-order valence-corrected chi connectivity index (χ0v) is 12.3. The number of methoxy groups -OCH3 is 1. The molecule has 0 fully saturated rings. The molecule has 0 aliphatic heterocycles. The summed E-state index contributed by atoms with van der Waals surface area (Å²) in [6.07, 6.45) is 4.93. The normalized spacial score (nSPS) is 16.3. The number of hydrogen-bond donors (Lipinski definition) is 2. The third-order valence-corrected chi connectivity index (χ3v) is 3.48. The molecule has 1 aromatic heterocycles. The van der Waals surface area contributed by atoms with Crippen LogP contribution in [0.1, 0.15) is 44.8 Å². The first kappa shape index (κ1) is 16.1. The van der Waals surface area contributed by atoms with E-state index >= 15 is 0 Å². The van der Waals surface area contributed by atoms with Crippen LogP contribution in [0.15, 0.2) is 12.3 Å². The van der Waals surface area contributed by atoms with E-state index in [2.05, 4.69) is 18.9 Å². The first-order valence-corrected chi connectivity index (χ1v) is 7.00. The van der Waals surface area contributed by atoms with Gasteiger partial charge in [0.1, 0.15) is 0 Å². The molecule has 0 aromatic carbocycles. The van der Waals surface area contributed by atoms with Crippen LogP contribution >= 0.6 is 0 Å². The van der Waals surface area contributed by atoms with Crippen molar-refractivity contribution in [3.05, 3.63) is 18.0 Å². The molecule has 1 aromatic rings. The second-order valence-electron chi connectivity index (χ2n) is 5.27. The van der Waals surface area contributed by atoms with Gasteiger partial charge in [0.05, 0.1) is 17.9 Å². The number of aromatic nitrogens is 2. The summed E-state index contributed by atoms with van der Waals surface area (Å²) in [5, 5.41) is 15.1. The van der Waals surface area contributed by atoms with E-state index in [0.29, 0.717) is 32.0 Å². The molecule has 3 N–H and O–H groups in total. The highest BCUT2D eigenvalue weighted by molar-refractivity contribution is 5.04. The van der Waals surface area contributed by atoms with Gasteiger partial charge in [0.2, 0.25) is 0 Å². The molecule has 1 rings (SSSR count). The van der Waals surface area contributed by atoms with Gasteiger partial charge >= 0.3 is 0 Å². The van der Waals surface area contributed by atoms with E-state index in [1.54, 1.807) is 7.11 Å². The molecule has 0 spiro atoms. The zero-order chi connectivity index (χ0) is 14.3. The second kappa shape index (κ2) is 7.62. The van der Waals surface area contributed by atoms with Crippen LogP contribution in [0.2, 0.25) is 0 Å². The van der Waals surface area contributed by atoms with Crippen molar-refractivity contribution in [2.45, 2.75) is 51.2 Å². The van der Waals surface area contributed by atoms with Crippen LogP contribution in [0.3, 0.4) is 0 Å². The maximum Gasteiger partial charge on any atom is 0.0936 e. The standard InChI is InChI=1S/C14H27N3O2/c1-4-12(2)17-9-6-13(16-17)10-14(18,11-19-3)7-5-8-15/h6,9,12,18H,4-5,7-8,10-11,15H2,1-3H3. The van der Waals surface area contributed by atoms with Crippen molar-refractivity contribution in [1.82, 2.24) is 9.78 Å². The molecule has 0 bridgehead atoms. The topological polar surface area (TPSA) is 73.3 Å². The van der Waals surface area contributed by atoms with Crippen LogP contribution in [0.4, 0.5) is 0 Å². The smallest absolute Gasteiger partial charge is 0.0936 e. The van der Waals surface area contributed by atoms with Crippen LogP contribution in [0.25, 0.3) is 0 Å². The lowest BCUT2D eigenvalue weighted by Gasteiger charge is -2.26. The van der Waals surface area contributed by atoms with Crippen molar-refractivity contribution in [3.8, 4) is 0 Å². The highest BCUT2D eigenvalue weighted by Gasteiger charge is 2.28. The lowest BCUT2D eigenvalue weighted by atomic mass is 9.93. The minimum atomic E-state index is -0.872. The summed E-state index contributed by atoms with van der Waals surface area (Å²) in [6, 6.07) is 2.35. The highest BCUT2D eigenvalue weighted by atomic mass is 16.5. The molecule has 110 valence electrons. The molecular formula is C14H27N3O2. The molecule has 5 heteroatoms. The molecule has 5 nitrogen and oxygen atoms in total. The van der Waals surface area contributed by atoms with Gasteiger partial charge in [-0.1, -0.05) is 6.92 Å². The van der Waals surface area contributed by atoms with E-state index in [-0.39, 0.29) is 0 Å². The first-order valence-electron chi connectivity index (χ1n) is 7.00. The number of rotatable bonds is 9. The maximum atomic E-state index is 10.6. The molecule has 19 heavy (non-hydrogen) atoms. The van der Waals surface area contributed by atoms with E-state index in [1.165, 1.54) is 0 Å². The number of aliphatic hydroxyl groups is 1. The Labute approximate surface area is 115 Å². The minimum Gasteiger partial charge on any atom is -0.387 e. The van der Waals surface area contributed by atoms with Crippen LogP contribution in [-0.4, -0.2) is 40.7 Å². The quantitative estimate of drug-likeness (QED) is 0.713. The third kappa shape index (κ3) is 4.93. The number of nitrogens with zero attached hydrogens (tertiary/aromatic N) is 2. The lowest BCUT2D eigenvalue weighted by Crippen LogP contribution is -2.37. The molecule has 0 saturated heterocycles. The maximum absolute atomic E-state index is 10.6. The van der Waals surface area contributed by atoms with Crippen molar-refractivity contribution >= 4 is 0 Å². The fraction of sp³-hybridized carbons (Fsp3) is 0.786. The third-order valence-electron chi connectivity index (χ3n) is 3.48. The van der Waals surface area contributed by atoms with E-state index < -0.39 is 5.60 Å². The van der Waals surface area contributed by atoms with Gasteiger partial charge in [-0.05, 0) is 38.8 Å². The summed E-state index contributed by atoms with van der Waals surface area (Å²) in [4.78, 5) is 0. The summed E-state index contributed by atoms with van der Waals surface area (Å²) >= 11 is 0. The fourth-order valence-electron chi connectivity index (χ4n) is 2.15. The molecule has 0 radical (unpaired) electrons. The summed E-state index contributed by atoms with van der Waals surface area (Å²) in [7, 11) is 1.60. The van der Waals surface area contributed by atoms with E-state index in [1.807, 2.05) is 16.9 Å². The summed E-state index contributed by atoms with van der Waals surface area (Å²) in [5.74, 6) is 0. The fourth-order valence-corrected chi connectivity index (χ4v) is 2.15. The van der Waals surface area contributed by atoms with Gasteiger partial charge in [0.25, 0.3) is 0 Å². The predicted octanol–water partition coefficient (Wildman–Crippen LogP) is 1.51. The number of hydrogen-bond acceptors (Lipinski definition) is 4. The molecule has 2 unspecified atom stereocenters. The van der Waals surface area contributed by atoms with Gasteiger partial charge in [0, 0.05) is 25.8 Å². The van der Waals surface area contributed by atoms with Gasteiger partial charge in [-0.2, -0.15) is 5.10 Å². The highest BCUT2D eigenvalue weighted by Crippen LogP contribution is 2.20. The Morgan fingerprint density at radius 2 is 2.32 bits per heavy atom. The summed E-state index contributed by atoms with van der Waals surface area (Å²) < 4.78 is 7.08. The van der Waals surface area contributed by atoms with Crippen molar-refractivity contribution in [3.63, 3.8) is 0 Å². The van der Waals surface area contributed by atoms with Crippen LogP contribution in [0, 0.1) is 0 Å². The Kier molecular flexibility index (Phi) is 6.48. The molecule has 1 heterocycles. The van der Waals surface area contributed by atoms with E-state index in [4.69, 9.17) is 10.5 Å². The van der Waals surface area contributed by atoms with Crippen molar-refractivity contribution < 1.29 is 9.84 Å². The Balaban J connectivity index is 2.70. The molecule has 0 saturated carbocycles. The lowest BCUT2D eigenvalue weighted by molar-refractivity contribution is -0.0382. The van der Waals surface area contributed by atoms with Gasteiger partial charge in [-0.3, -0.25) is 4.68 Å². The number of ether oxygens (including phenoxy) is 1. The van der Waals surface area contributed by atoms with Crippen molar-refractivity contribution in [1.29, 1.82) is 0 Å². The van der Waals surface area contributed by atoms with E-state index in [0.717, 1.165) is 18.5 Å². The molecule has 0 aliphatic carbocycles. The van der Waals surface area contributed by atoms with Gasteiger partial charge < -0.3 is 15.6 Å². The summed E-state index contributed by atoms with van der Waals surface area (Å²) in [6.45, 7) is 5.15. The van der Waals surface area contributed by atoms with Gasteiger partial charge in [-0.15, -0.1) is 0 Å². The Morgan fingerprint density at radius 1 is 1.58 bits per heavy atom. The summed E-state index contributed by atoms with van der Waals surface area (Å²) in [5.41, 5.74) is 5.54. The first-order chi connectivity index (χ1) is 9.04. The average Bonchev–Trinajstić information content (AvgIpc) is 2.84. The van der Waals surface area contributed by atoms with Crippen LogP contribution in [-0.2, 0) is 11.2 Å². The molecule has 0 amide bonds.